The Morgan fingerprint density at radius 3 is 3.38 bits per heavy atom. The zero-order chi connectivity index (χ0) is 8.84. The van der Waals surface area contributed by atoms with Gasteiger partial charge < -0.3 is 0 Å². The van der Waals surface area contributed by atoms with Gasteiger partial charge in [0.05, 0.1) is 5.39 Å². The van der Waals surface area contributed by atoms with Gasteiger partial charge in [-0.2, -0.15) is 0 Å². The summed E-state index contributed by atoms with van der Waals surface area (Å²) in [6.45, 7) is 0. The van der Waals surface area contributed by atoms with E-state index in [2.05, 4.69) is 15.1 Å². The van der Waals surface area contributed by atoms with Gasteiger partial charge in [0, 0.05) is 0 Å². The Bertz CT molecular complexity index is 632. The third-order valence-corrected chi connectivity index (χ3v) is 2.94. The summed E-state index contributed by atoms with van der Waals surface area (Å²) in [7, 11) is 0. The summed E-state index contributed by atoms with van der Waals surface area (Å²) in [6, 6.07) is 2.00. The van der Waals surface area contributed by atoms with Crippen LogP contribution in [0.4, 0.5) is 0 Å². The van der Waals surface area contributed by atoms with Gasteiger partial charge in [-0.1, -0.05) is 0 Å². The Kier molecular flexibility index (Phi) is 1.30. The molecule has 0 spiro atoms. The van der Waals surface area contributed by atoms with Gasteiger partial charge in [0.1, 0.15) is 11.2 Å². The molecule has 0 saturated heterocycles. The van der Waals surface area contributed by atoms with Crippen LogP contribution in [-0.2, 0) is 0 Å². The van der Waals surface area contributed by atoms with Gasteiger partial charge in [0.15, 0.2) is 5.65 Å². The summed E-state index contributed by atoms with van der Waals surface area (Å²) < 4.78 is 2.21. The highest BCUT2D eigenvalue weighted by molar-refractivity contribution is 7.71. The van der Waals surface area contributed by atoms with Crippen molar-refractivity contribution in [3.63, 3.8) is 0 Å². The molecule has 6 heteroatoms. The monoisotopic (exact) mass is 208 g/mol. The van der Waals surface area contributed by atoms with Crippen molar-refractivity contribution in [3.8, 4) is 0 Å². The van der Waals surface area contributed by atoms with Gasteiger partial charge in [-0.05, 0) is 23.7 Å². The molecule has 3 rings (SSSR count). The molecule has 0 aromatic carbocycles. The molecule has 0 aliphatic carbocycles. The molecule has 0 amide bonds. The molecule has 0 fully saturated rings. The molecular weight excluding hydrogens is 204 g/mol. The number of rotatable bonds is 0. The largest absolute Gasteiger partial charge is 0.280 e. The van der Waals surface area contributed by atoms with Gasteiger partial charge >= 0.3 is 0 Å². The van der Waals surface area contributed by atoms with Crippen molar-refractivity contribution in [1.29, 1.82) is 0 Å². The molecule has 0 aliphatic rings. The van der Waals surface area contributed by atoms with E-state index in [1.54, 1.807) is 22.2 Å². The number of nitrogens with zero attached hydrogens (tertiary/aromatic N) is 3. The predicted octanol–water partition coefficient (Wildman–Crippen LogP) is 2.00. The fourth-order valence-corrected chi connectivity index (χ4v) is 2.34. The fraction of sp³-hybridized carbons (Fsp3) is 0. The van der Waals surface area contributed by atoms with Crippen molar-refractivity contribution in [2.75, 3.05) is 0 Å². The van der Waals surface area contributed by atoms with Crippen molar-refractivity contribution in [2.24, 2.45) is 0 Å². The average molecular weight is 208 g/mol. The fourth-order valence-electron chi connectivity index (χ4n) is 1.30. The zero-order valence-corrected chi connectivity index (χ0v) is 8.02. The standard InChI is InChI=1S/C7H4N4S2/c12-7-10-6-4(1-2-13-6)5-8-3-9-11(5)7/h1-3H,(H,8,9). The van der Waals surface area contributed by atoms with Crippen molar-refractivity contribution >= 4 is 39.4 Å². The van der Waals surface area contributed by atoms with E-state index in [1.165, 1.54) is 0 Å². The first kappa shape index (κ1) is 7.16. The molecule has 1 N–H and O–H groups in total. The number of thiophene rings is 1. The molecule has 0 atom stereocenters. The van der Waals surface area contributed by atoms with E-state index in [4.69, 9.17) is 12.2 Å². The minimum Gasteiger partial charge on any atom is -0.280 e. The van der Waals surface area contributed by atoms with Crippen LogP contribution in [0.3, 0.4) is 0 Å². The number of hydrogen-bond donors (Lipinski definition) is 1. The maximum absolute atomic E-state index is 5.09. The summed E-state index contributed by atoms with van der Waals surface area (Å²) >= 11 is 6.66. The molecule has 0 radical (unpaired) electrons. The number of nitrogens with one attached hydrogen (secondary N) is 1. The Morgan fingerprint density at radius 2 is 2.46 bits per heavy atom. The lowest BCUT2D eigenvalue weighted by molar-refractivity contribution is 0.916. The second kappa shape index (κ2) is 2.36. The van der Waals surface area contributed by atoms with Gasteiger partial charge in [0.2, 0.25) is 4.77 Å². The number of hydrogen-bond acceptors (Lipinski definition) is 4. The van der Waals surface area contributed by atoms with Crippen LogP contribution in [0.15, 0.2) is 17.8 Å². The predicted molar refractivity (Wildman–Crippen MR) is 53.6 cm³/mol. The molecule has 3 aromatic heterocycles. The van der Waals surface area contributed by atoms with Crippen molar-refractivity contribution in [2.45, 2.75) is 0 Å². The van der Waals surface area contributed by atoms with Crippen molar-refractivity contribution < 1.29 is 0 Å². The highest BCUT2D eigenvalue weighted by atomic mass is 32.1. The summed E-state index contributed by atoms with van der Waals surface area (Å²) in [6.07, 6.45) is 1.62. The van der Waals surface area contributed by atoms with Gasteiger partial charge in [0.25, 0.3) is 0 Å². The Balaban J connectivity index is 2.79. The van der Waals surface area contributed by atoms with Crippen LogP contribution in [0.5, 0.6) is 0 Å². The number of fused-ring (bicyclic) bond motifs is 3. The first-order valence-electron chi connectivity index (χ1n) is 3.65. The zero-order valence-electron chi connectivity index (χ0n) is 6.39. The highest BCUT2D eigenvalue weighted by Crippen LogP contribution is 2.21. The van der Waals surface area contributed by atoms with E-state index >= 15 is 0 Å². The molecule has 3 aromatic rings. The van der Waals surface area contributed by atoms with Crippen LogP contribution < -0.4 is 0 Å². The number of aromatic amines is 1. The molecule has 0 saturated carbocycles. The maximum atomic E-state index is 5.09. The second-order valence-corrected chi connectivity index (χ2v) is 3.84. The summed E-state index contributed by atoms with van der Waals surface area (Å²) in [5.41, 5.74) is 0.844. The number of aromatic nitrogens is 4. The molecule has 0 unspecified atom stereocenters. The van der Waals surface area contributed by atoms with E-state index < -0.39 is 0 Å². The topological polar surface area (TPSA) is 46.0 Å². The van der Waals surface area contributed by atoms with Gasteiger partial charge in [-0.25, -0.2) is 14.5 Å². The lowest BCUT2D eigenvalue weighted by Gasteiger charge is -1.92. The van der Waals surface area contributed by atoms with E-state index in [0.717, 1.165) is 15.9 Å². The Labute approximate surface area is 81.9 Å². The van der Waals surface area contributed by atoms with Crippen molar-refractivity contribution in [1.82, 2.24) is 19.6 Å². The summed E-state index contributed by atoms with van der Waals surface area (Å²) in [5.74, 6) is 0. The van der Waals surface area contributed by atoms with Crippen LogP contribution in [0.2, 0.25) is 0 Å². The molecular formula is C7H4N4S2. The molecule has 4 nitrogen and oxygen atoms in total. The summed E-state index contributed by atoms with van der Waals surface area (Å²) in [4.78, 5) is 9.39. The minimum absolute atomic E-state index is 0.516. The van der Waals surface area contributed by atoms with E-state index in [-0.39, 0.29) is 0 Å². The van der Waals surface area contributed by atoms with E-state index in [9.17, 15) is 0 Å². The number of H-pyrrole nitrogens is 1. The molecule has 3 heterocycles. The Morgan fingerprint density at radius 1 is 1.54 bits per heavy atom. The van der Waals surface area contributed by atoms with Crippen LogP contribution in [0.1, 0.15) is 0 Å². The smallest absolute Gasteiger partial charge is 0.222 e. The van der Waals surface area contributed by atoms with E-state index in [1.807, 2.05) is 11.4 Å². The Hall–Kier alpha value is -1.27. The van der Waals surface area contributed by atoms with Gasteiger partial charge in [-0.3, -0.25) is 5.10 Å². The lowest BCUT2D eigenvalue weighted by atomic mass is 10.4. The second-order valence-electron chi connectivity index (χ2n) is 2.58. The lowest BCUT2D eigenvalue weighted by Crippen LogP contribution is -1.91. The minimum atomic E-state index is 0.516. The van der Waals surface area contributed by atoms with Crippen LogP contribution in [0.25, 0.3) is 15.9 Å². The molecule has 0 aliphatic heterocycles. The van der Waals surface area contributed by atoms with E-state index in [0.29, 0.717) is 4.77 Å². The normalized spacial score (nSPS) is 11.4. The summed E-state index contributed by atoms with van der Waals surface area (Å²) in [5, 5.41) is 5.94. The molecule has 0 bridgehead atoms. The third-order valence-electron chi connectivity index (χ3n) is 1.86. The van der Waals surface area contributed by atoms with Gasteiger partial charge in [-0.15, -0.1) is 11.3 Å². The van der Waals surface area contributed by atoms with Crippen molar-refractivity contribution in [3.05, 3.63) is 22.5 Å². The quantitative estimate of drug-likeness (QED) is 0.575. The SMILES string of the molecule is S=c1nc2sccc2c2nc[nH]n12. The first-order valence-corrected chi connectivity index (χ1v) is 4.94. The molecule has 64 valence electrons. The first-order chi connectivity index (χ1) is 6.36. The van der Waals surface area contributed by atoms with Crippen LogP contribution in [-0.4, -0.2) is 19.6 Å². The molecule has 13 heavy (non-hydrogen) atoms. The third kappa shape index (κ3) is 0.866. The van der Waals surface area contributed by atoms with Crippen LogP contribution in [0, 0.1) is 4.77 Å². The maximum Gasteiger partial charge on any atom is 0.222 e. The highest BCUT2D eigenvalue weighted by Gasteiger charge is 2.04. The van der Waals surface area contributed by atoms with Crippen LogP contribution >= 0.6 is 23.6 Å². The average Bonchev–Trinajstić information content (AvgIpc) is 2.66.